The first-order chi connectivity index (χ1) is 7.86. The molecule has 1 saturated heterocycles. The summed E-state index contributed by atoms with van der Waals surface area (Å²) in [4.78, 5) is 16.7. The minimum absolute atomic E-state index is 0. The van der Waals surface area contributed by atoms with Crippen LogP contribution in [0.5, 0.6) is 0 Å². The molecule has 2 rings (SSSR count). The molecule has 0 radical (unpaired) electrons. The van der Waals surface area contributed by atoms with Gasteiger partial charge in [0.2, 0.25) is 0 Å². The average Bonchev–Trinajstić information content (AvgIpc) is 2.84. The van der Waals surface area contributed by atoms with Gasteiger partial charge in [-0.05, 0) is 5.56 Å². The van der Waals surface area contributed by atoms with Gasteiger partial charge in [0, 0.05) is 12.3 Å². The Morgan fingerprint density at radius 1 is 1.47 bits per heavy atom. The maximum Gasteiger partial charge on any atom is 0.271 e. The molecular formula is C11H15ClN2O2S. The molecular weight excluding hydrogens is 260 g/mol. The number of hydrogen-bond donors (Lipinski definition) is 2. The highest BCUT2D eigenvalue weighted by molar-refractivity contribution is 8.00. The molecule has 0 bridgehead atoms. The van der Waals surface area contributed by atoms with Crippen molar-refractivity contribution in [2.75, 3.05) is 12.3 Å². The molecule has 1 amide bonds. The van der Waals surface area contributed by atoms with Crippen molar-refractivity contribution in [1.29, 1.82) is 0 Å². The zero-order valence-electron chi connectivity index (χ0n) is 9.22. The van der Waals surface area contributed by atoms with Crippen molar-refractivity contribution in [3.05, 3.63) is 35.9 Å². The van der Waals surface area contributed by atoms with Gasteiger partial charge in [0.1, 0.15) is 5.37 Å². The van der Waals surface area contributed by atoms with E-state index < -0.39 is 0 Å². The molecule has 1 aromatic carbocycles. The van der Waals surface area contributed by atoms with Crippen LogP contribution in [0.4, 0.5) is 0 Å². The predicted molar refractivity (Wildman–Crippen MR) is 70.9 cm³/mol. The number of nitrogens with one attached hydrogen (secondary N) is 2. The van der Waals surface area contributed by atoms with Crippen LogP contribution in [-0.4, -0.2) is 23.6 Å². The highest BCUT2D eigenvalue weighted by atomic mass is 35.5. The molecule has 0 spiro atoms. The molecule has 4 nitrogen and oxygen atoms in total. The van der Waals surface area contributed by atoms with Gasteiger partial charge in [-0.25, -0.2) is 5.48 Å². The van der Waals surface area contributed by atoms with Gasteiger partial charge in [0.15, 0.2) is 0 Å². The highest BCUT2D eigenvalue weighted by Gasteiger charge is 2.22. The van der Waals surface area contributed by atoms with E-state index in [1.807, 2.05) is 30.3 Å². The monoisotopic (exact) mass is 274 g/mol. The van der Waals surface area contributed by atoms with Crippen molar-refractivity contribution in [2.45, 2.75) is 12.0 Å². The first-order valence-electron chi connectivity index (χ1n) is 5.17. The molecule has 1 aliphatic rings. The summed E-state index contributed by atoms with van der Waals surface area (Å²) in [5, 5.41) is 2.91. The zero-order valence-corrected chi connectivity index (χ0v) is 10.9. The molecule has 1 unspecified atom stereocenters. The van der Waals surface area contributed by atoms with Gasteiger partial charge in [-0.2, -0.15) is 0 Å². The van der Waals surface area contributed by atoms with Crippen LogP contribution in [0.2, 0.25) is 0 Å². The molecule has 94 valence electrons. The second-order valence-corrected chi connectivity index (χ2v) is 4.66. The SMILES string of the molecule is Cl.O=C(NOCc1ccccc1)C1NCCS1. The lowest BCUT2D eigenvalue weighted by Gasteiger charge is -2.10. The molecule has 0 saturated carbocycles. The molecule has 0 aromatic heterocycles. The molecule has 0 aliphatic carbocycles. The predicted octanol–water partition coefficient (Wildman–Crippen LogP) is 1.32. The Labute approximate surface area is 111 Å². The molecule has 6 heteroatoms. The fourth-order valence-electron chi connectivity index (χ4n) is 1.41. The lowest BCUT2D eigenvalue weighted by molar-refractivity contribution is -0.134. The van der Waals surface area contributed by atoms with E-state index in [-0.39, 0.29) is 23.7 Å². The van der Waals surface area contributed by atoms with E-state index in [0.29, 0.717) is 6.61 Å². The molecule has 1 aromatic rings. The van der Waals surface area contributed by atoms with Crippen molar-refractivity contribution in [3.63, 3.8) is 0 Å². The van der Waals surface area contributed by atoms with E-state index >= 15 is 0 Å². The van der Waals surface area contributed by atoms with Crippen LogP contribution >= 0.6 is 24.2 Å². The summed E-state index contributed by atoms with van der Waals surface area (Å²) in [7, 11) is 0. The van der Waals surface area contributed by atoms with Crippen molar-refractivity contribution in [2.24, 2.45) is 0 Å². The summed E-state index contributed by atoms with van der Waals surface area (Å²) in [6, 6.07) is 9.73. The van der Waals surface area contributed by atoms with E-state index in [4.69, 9.17) is 4.84 Å². The molecule has 1 heterocycles. The minimum atomic E-state index is -0.171. The Morgan fingerprint density at radius 2 is 2.24 bits per heavy atom. The van der Waals surface area contributed by atoms with Crippen LogP contribution in [0.15, 0.2) is 30.3 Å². The van der Waals surface area contributed by atoms with Gasteiger partial charge in [-0.1, -0.05) is 30.3 Å². The molecule has 17 heavy (non-hydrogen) atoms. The number of rotatable bonds is 4. The number of thioether (sulfide) groups is 1. The largest absolute Gasteiger partial charge is 0.297 e. The van der Waals surface area contributed by atoms with E-state index in [0.717, 1.165) is 17.9 Å². The van der Waals surface area contributed by atoms with E-state index in [9.17, 15) is 4.79 Å². The Kier molecular flexibility index (Phi) is 6.36. The summed E-state index contributed by atoms with van der Waals surface area (Å²) < 4.78 is 0. The minimum Gasteiger partial charge on any atom is -0.297 e. The average molecular weight is 275 g/mol. The first-order valence-corrected chi connectivity index (χ1v) is 6.22. The van der Waals surface area contributed by atoms with E-state index in [1.165, 1.54) is 0 Å². The summed E-state index contributed by atoms with van der Waals surface area (Å²) >= 11 is 1.59. The van der Waals surface area contributed by atoms with Crippen LogP contribution in [0.3, 0.4) is 0 Å². The fourth-order valence-corrected chi connectivity index (χ4v) is 2.32. The second-order valence-electron chi connectivity index (χ2n) is 3.45. The molecule has 1 fully saturated rings. The third-order valence-electron chi connectivity index (χ3n) is 2.21. The molecule has 2 N–H and O–H groups in total. The number of hydroxylamine groups is 1. The Bertz CT molecular complexity index is 345. The van der Waals surface area contributed by atoms with Crippen LogP contribution in [0, 0.1) is 0 Å². The van der Waals surface area contributed by atoms with Crippen LogP contribution in [0.1, 0.15) is 5.56 Å². The number of carbonyl (C=O) groups excluding carboxylic acids is 1. The van der Waals surface area contributed by atoms with Gasteiger partial charge in [-0.15, -0.1) is 24.2 Å². The van der Waals surface area contributed by atoms with Crippen molar-refractivity contribution >= 4 is 30.1 Å². The quantitative estimate of drug-likeness (QED) is 0.813. The number of carbonyl (C=O) groups is 1. The van der Waals surface area contributed by atoms with E-state index in [2.05, 4.69) is 10.8 Å². The smallest absolute Gasteiger partial charge is 0.271 e. The van der Waals surface area contributed by atoms with Gasteiger partial charge in [0.05, 0.1) is 6.61 Å². The van der Waals surface area contributed by atoms with Crippen molar-refractivity contribution in [3.8, 4) is 0 Å². The van der Waals surface area contributed by atoms with Gasteiger partial charge in [0.25, 0.3) is 5.91 Å². The fraction of sp³-hybridized carbons (Fsp3) is 0.364. The summed E-state index contributed by atoms with van der Waals surface area (Å²) in [5.74, 6) is 0.856. The maximum absolute atomic E-state index is 11.5. The summed E-state index contributed by atoms with van der Waals surface area (Å²) in [5.41, 5.74) is 3.49. The number of amides is 1. The maximum atomic E-state index is 11.5. The van der Waals surface area contributed by atoms with Crippen LogP contribution < -0.4 is 10.8 Å². The lowest BCUT2D eigenvalue weighted by Crippen LogP contribution is -2.38. The Balaban J connectivity index is 0.00000144. The molecule has 1 aliphatic heterocycles. The summed E-state index contributed by atoms with van der Waals surface area (Å²) in [6.07, 6.45) is 0. The lowest BCUT2D eigenvalue weighted by atomic mass is 10.2. The number of hydrogen-bond acceptors (Lipinski definition) is 4. The highest BCUT2D eigenvalue weighted by Crippen LogP contribution is 2.13. The zero-order chi connectivity index (χ0) is 11.2. The van der Waals surface area contributed by atoms with Gasteiger partial charge >= 0.3 is 0 Å². The number of benzene rings is 1. The van der Waals surface area contributed by atoms with Crippen LogP contribution in [0.25, 0.3) is 0 Å². The Hall–Kier alpha value is -0.750. The van der Waals surface area contributed by atoms with E-state index in [1.54, 1.807) is 11.8 Å². The van der Waals surface area contributed by atoms with Crippen molar-refractivity contribution in [1.82, 2.24) is 10.8 Å². The second kappa shape index (κ2) is 7.55. The van der Waals surface area contributed by atoms with Crippen LogP contribution in [-0.2, 0) is 16.2 Å². The Morgan fingerprint density at radius 3 is 2.88 bits per heavy atom. The normalized spacial score (nSPS) is 18.5. The third-order valence-corrected chi connectivity index (χ3v) is 3.36. The third kappa shape index (κ3) is 4.55. The topological polar surface area (TPSA) is 50.4 Å². The molecule has 1 atom stereocenters. The summed E-state index contributed by atoms with van der Waals surface area (Å²) in [6.45, 7) is 1.27. The first kappa shape index (κ1) is 14.3. The van der Waals surface area contributed by atoms with Crippen molar-refractivity contribution < 1.29 is 9.63 Å². The number of halogens is 1. The van der Waals surface area contributed by atoms with Gasteiger partial charge < -0.3 is 0 Å². The standard InChI is InChI=1S/C11H14N2O2S.ClH/c14-10(11-12-6-7-16-11)13-15-8-9-4-2-1-3-5-9;/h1-5,11-12H,6-8H2,(H,13,14);1H. The van der Waals surface area contributed by atoms with Gasteiger partial charge in [-0.3, -0.25) is 14.9 Å².